The molecule has 0 unspecified atom stereocenters. The van der Waals surface area contributed by atoms with Gasteiger partial charge in [0.1, 0.15) is 0 Å². The number of carbonyl (C=O) groups excluding carboxylic acids is 1. The molecule has 1 aliphatic heterocycles. The molecule has 2 heterocycles. The van der Waals surface area contributed by atoms with Crippen molar-refractivity contribution < 1.29 is 4.79 Å². The fraction of sp³-hybridized carbons (Fsp3) is 0.727. The zero-order chi connectivity index (χ0) is 13.2. The number of nitrogens with one attached hydrogen (secondary N) is 1. The Morgan fingerprint density at radius 1 is 1.44 bits per heavy atom. The molecule has 1 amide bonds. The normalized spacial score (nSPS) is 18.1. The van der Waals surface area contributed by atoms with Gasteiger partial charge in [0.2, 0.25) is 0 Å². The van der Waals surface area contributed by atoms with E-state index in [1.54, 1.807) is 4.90 Å². The average molecular weight is 252 g/mol. The number of piperazine rings is 1. The lowest BCUT2D eigenvalue weighted by atomic mass is 10.0. The molecule has 100 valence electrons. The number of H-pyrrole nitrogens is 1. The molecule has 2 rings (SSSR count). The van der Waals surface area contributed by atoms with Crippen LogP contribution in [0.15, 0.2) is 6.20 Å². The largest absolute Gasteiger partial charge is 0.335 e. The van der Waals surface area contributed by atoms with Crippen LogP contribution < -0.4 is 5.73 Å². The van der Waals surface area contributed by atoms with E-state index < -0.39 is 0 Å². The molecule has 1 aliphatic rings. The summed E-state index contributed by atoms with van der Waals surface area (Å²) in [7, 11) is 0. The van der Waals surface area contributed by atoms with E-state index in [1.807, 2.05) is 0 Å². The minimum Gasteiger partial charge on any atom is -0.335 e. The third-order valence-electron chi connectivity index (χ3n) is 3.56. The van der Waals surface area contributed by atoms with Gasteiger partial charge in [0, 0.05) is 38.3 Å². The lowest BCUT2D eigenvalue weighted by Crippen LogP contribution is -2.58. The molecule has 0 aliphatic carbocycles. The lowest BCUT2D eigenvalue weighted by molar-refractivity contribution is 0.0422. The van der Waals surface area contributed by atoms with Crippen LogP contribution in [0, 0.1) is 0 Å². The summed E-state index contributed by atoms with van der Waals surface area (Å²) < 4.78 is 0. The predicted molar refractivity (Wildman–Crippen MR) is 67.0 cm³/mol. The van der Waals surface area contributed by atoms with Crippen molar-refractivity contribution in [3.8, 4) is 0 Å². The van der Waals surface area contributed by atoms with Gasteiger partial charge in [-0.05, 0) is 13.8 Å². The molecule has 1 saturated heterocycles. The van der Waals surface area contributed by atoms with Crippen LogP contribution in [0.2, 0.25) is 0 Å². The van der Waals surface area contributed by atoms with Gasteiger partial charge >= 0.3 is 0 Å². The Morgan fingerprint density at radius 2 is 2.11 bits per heavy atom. The first-order valence-electron chi connectivity index (χ1n) is 6.15. The zero-order valence-electron chi connectivity index (χ0n) is 10.9. The smallest absolute Gasteiger partial charge is 0.276 e. The van der Waals surface area contributed by atoms with Crippen molar-refractivity contribution in [2.24, 2.45) is 5.73 Å². The van der Waals surface area contributed by atoms with Gasteiger partial charge in [0.15, 0.2) is 5.69 Å². The molecule has 1 aromatic rings. The summed E-state index contributed by atoms with van der Waals surface area (Å²) >= 11 is 0. The van der Waals surface area contributed by atoms with Gasteiger partial charge in [-0.1, -0.05) is 0 Å². The van der Waals surface area contributed by atoms with Gasteiger partial charge in [-0.2, -0.15) is 15.4 Å². The van der Waals surface area contributed by atoms with Crippen LogP contribution in [-0.4, -0.2) is 69.4 Å². The summed E-state index contributed by atoms with van der Waals surface area (Å²) in [4.78, 5) is 16.2. The van der Waals surface area contributed by atoms with Crippen molar-refractivity contribution in [3.05, 3.63) is 11.9 Å². The first-order chi connectivity index (χ1) is 8.54. The number of hydrogen-bond donors (Lipinski definition) is 2. The van der Waals surface area contributed by atoms with Crippen LogP contribution in [0.5, 0.6) is 0 Å². The summed E-state index contributed by atoms with van der Waals surface area (Å²) in [5.74, 6) is -0.0612. The number of hydrogen-bond acceptors (Lipinski definition) is 5. The van der Waals surface area contributed by atoms with E-state index in [9.17, 15) is 4.79 Å². The SMILES string of the molecule is CC(C)(CN)N1CCN(C(=O)c2cn[nH]n2)CC1. The Hall–Kier alpha value is -1.47. The Morgan fingerprint density at radius 3 is 2.61 bits per heavy atom. The minimum absolute atomic E-state index is 0.0109. The van der Waals surface area contributed by atoms with Gasteiger partial charge in [-0.25, -0.2) is 0 Å². The van der Waals surface area contributed by atoms with Gasteiger partial charge in [0.25, 0.3) is 5.91 Å². The Kier molecular flexibility index (Phi) is 3.63. The zero-order valence-corrected chi connectivity index (χ0v) is 10.9. The van der Waals surface area contributed by atoms with Crippen molar-refractivity contribution in [1.82, 2.24) is 25.2 Å². The highest BCUT2D eigenvalue weighted by molar-refractivity contribution is 5.91. The van der Waals surface area contributed by atoms with Gasteiger partial charge in [-0.3, -0.25) is 9.69 Å². The number of nitrogens with zero attached hydrogens (tertiary/aromatic N) is 4. The van der Waals surface area contributed by atoms with E-state index in [0.29, 0.717) is 25.3 Å². The first kappa shape index (κ1) is 13.0. The average Bonchev–Trinajstić information content (AvgIpc) is 2.92. The summed E-state index contributed by atoms with van der Waals surface area (Å²) in [5.41, 5.74) is 6.13. The monoisotopic (exact) mass is 252 g/mol. The van der Waals surface area contributed by atoms with Crippen LogP contribution in [0.25, 0.3) is 0 Å². The summed E-state index contributed by atoms with van der Waals surface area (Å²) in [6.07, 6.45) is 1.46. The van der Waals surface area contributed by atoms with Crippen LogP contribution in [0.1, 0.15) is 24.3 Å². The number of rotatable bonds is 3. The first-order valence-corrected chi connectivity index (χ1v) is 6.15. The maximum Gasteiger partial charge on any atom is 0.276 e. The highest BCUT2D eigenvalue weighted by Crippen LogP contribution is 2.16. The minimum atomic E-state index is -0.0612. The highest BCUT2D eigenvalue weighted by Gasteiger charge is 2.30. The van der Waals surface area contributed by atoms with Crippen LogP contribution >= 0.6 is 0 Å². The third kappa shape index (κ3) is 2.51. The number of carbonyl (C=O) groups is 1. The van der Waals surface area contributed by atoms with Gasteiger partial charge in [0.05, 0.1) is 6.20 Å². The van der Waals surface area contributed by atoms with Crippen molar-refractivity contribution in [2.75, 3.05) is 32.7 Å². The van der Waals surface area contributed by atoms with Crippen LogP contribution in [0.4, 0.5) is 0 Å². The second-order valence-corrected chi connectivity index (χ2v) is 5.15. The van der Waals surface area contributed by atoms with E-state index in [4.69, 9.17) is 5.73 Å². The van der Waals surface area contributed by atoms with Crippen LogP contribution in [0.3, 0.4) is 0 Å². The number of aromatic nitrogens is 3. The predicted octanol–water partition coefficient (Wildman–Crippen LogP) is -0.700. The van der Waals surface area contributed by atoms with Crippen molar-refractivity contribution >= 4 is 5.91 Å². The Bertz CT molecular complexity index is 394. The van der Waals surface area contributed by atoms with Gasteiger partial charge in [-0.15, -0.1) is 0 Å². The summed E-state index contributed by atoms with van der Waals surface area (Å²) in [6, 6.07) is 0. The fourth-order valence-corrected chi connectivity index (χ4v) is 2.11. The molecule has 7 nitrogen and oxygen atoms in total. The van der Waals surface area contributed by atoms with Crippen molar-refractivity contribution in [2.45, 2.75) is 19.4 Å². The molecule has 3 N–H and O–H groups in total. The summed E-state index contributed by atoms with van der Waals surface area (Å²) in [5, 5.41) is 9.93. The molecule has 0 aromatic carbocycles. The molecule has 0 bridgehead atoms. The van der Waals surface area contributed by atoms with E-state index >= 15 is 0 Å². The molecule has 18 heavy (non-hydrogen) atoms. The second kappa shape index (κ2) is 5.03. The van der Waals surface area contributed by atoms with Crippen molar-refractivity contribution in [1.29, 1.82) is 0 Å². The van der Waals surface area contributed by atoms with E-state index in [1.165, 1.54) is 6.20 Å². The number of amides is 1. The Balaban J connectivity index is 1.93. The summed E-state index contributed by atoms with van der Waals surface area (Å²) in [6.45, 7) is 7.96. The molecule has 0 atom stereocenters. The molecule has 0 radical (unpaired) electrons. The molecule has 1 fully saturated rings. The molecular weight excluding hydrogens is 232 g/mol. The highest BCUT2D eigenvalue weighted by atomic mass is 16.2. The van der Waals surface area contributed by atoms with Crippen molar-refractivity contribution in [3.63, 3.8) is 0 Å². The van der Waals surface area contributed by atoms with Gasteiger partial charge < -0.3 is 10.6 Å². The topological polar surface area (TPSA) is 91.1 Å². The van der Waals surface area contributed by atoms with E-state index in [2.05, 4.69) is 34.2 Å². The van der Waals surface area contributed by atoms with Crippen LogP contribution in [-0.2, 0) is 0 Å². The number of nitrogens with two attached hydrogens (primary N) is 1. The molecule has 7 heteroatoms. The third-order valence-corrected chi connectivity index (χ3v) is 3.56. The maximum absolute atomic E-state index is 12.0. The maximum atomic E-state index is 12.0. The molecular formula is C11H20N6O. The Labute approximate surface area is 106 Å². The van der Waals surface area contributed by atoms with E-state index in [0.717, 1.165) is 13.1 Å². The van der Waals surface area contributed by atoms with E-state index in [-0.39, 0.29) is 11.4 Å². The second-order valence-electron chi connectivity index (χ2n) is 5.15. The molecule has 0 spiro atoms. The number of aromatic amines is 1. The quantitative estimate of drug-likeness (QED) is 0.742. The standard InChI is InChI=1S/C11H20N6O/c1-11(2,8-12)17-5-3-16(4-6-17)10(18)9-7-13-15-14-9/h7H,3-6,8,12H2,1-2H3,(H,13,14,15). The lowest BCUT2D eigenvalue weighted by Gasteiger charge is -2.43. The fourth-order valence-electron chi connectivity index (χ4n) is 2.11. The molecule has 1 aromatic heterocycles. The molecule has 0 saturated carbocycles.